The number of benzene rings is 2. The van der Waals surface area contributed by atoms with Crippen LogP contribution < -0.4 is 0 Å². The molecule has 2 fully saturated rings. The molecule has 1 atom stereocenters. The fourth-order valence-corrected chi connectivity index (χ4v) is 6.03. The summed E-state index contributed by atoms with van der Waals surface area (Å²) >= 11 is 0. The van der Waals surface area contributed by atoms with Crippen LogP contribution in [0.4, 0.5) is 13.2 Å². The second kappa shape index (κ2) is 11.6. The number of aromatic hydroxyl groups is 1. The molecule has 2 N–H and O–H groups in total. The molecular weight excluding hydrogens is 449 g/mol. The highest BCUT2D eigenvalue weighted by atomic mass is 19.2. The van der Waals surface area contributed by atoms with Crippen LogP contribution in [0.2, 0.25) is 0 Å². The van der Waals surface area contributed by atoms with Crippen molar-refractivity contribution in [1.82, 2.24) is 0 Å². The van der Waals surface area contributed by atoms with Gasteiger partial charge in [0.15, 0.2) is 23.2 Å². The van der Waals surface area contributed by atoms with Crippen molar-refractivity contribution >= 4 is 6.08 Å². The first-order valence-corrected chi connectivity index (χ1v) is 13.2. The van der Waals surface area contributed by atoms with Gasteiger partial charge >= 0.3 is 0 Å². The molecule has 0 amide bonds. The third-order valence-electron chi connectivity index (χ3n) is 8.25. The van der Waals surface area contributed by atoms with E-state index in [0.29, 0.717) is 5.56 Å². The molecule has 0 spiro atoms. The third kappa shape index (κ3) is 6.11. The highest BCUT2D eigenvalue weighted by Crippen LogP contribution is 2.40. The van der Waals surface area contributed by atoms with Gasteiger partial charge in [0.25, 0.3) is 0 Å². The molecule has 2 aromatic rings. The lowest BCUT2D eigenvalue weighted by Gasteiger charge is -2.32. The minimum Gasteiger partial charge on any atom is -0.505 e. The predicted molar refractivity (Wildman–Crippen MR) is 134 cm³/mol. The van der Waals surface area contributed by atoms with Crippen LogP contribution in [-0.4, -0.2) is 16.3 Å². The number of allylic oxidation sites excluding steroid dienone is 1. The monoisotopic (exact) mass is 486 g/mol. The summed E-state index contributed by atoms with van der Waals surface area (Å²) in [6.45, 7) is 2.06. The van der Waals surface area contributed by atoms with E-state index in [0.717, 1.165) is 69.8 Å². The van der Waals surface area contributed by atoms with Gasteiger partial charge in [-0.1, -0.05) is 43.7 Å². The molecule has 2 aromatic carbocycles. The van der Waals surface area contributed by atoms with E-state index in [1.165, 1.54) is 12.1 Å². The summed E-state index contributed by atoms with van der Waals surface area (Å²) in [6.07, 6.45) is 12.0. The molecule has 0 aromatic heterocycles. The fraction of sp³-hybridized carbons (Fsp3) is 0.533. The van der Waals surface area contributed by atoms with Crippen LogP contribution in [0.15, 0.2) is 36.4 Å². The van der Waals surface area contributed by atoms with Crippen LogP contribution in [-0.2, 0) is 0 Å². The number of hydrogen-bond donors (Lipinski definition) is 2. The number of rotatable bonds is 7. The van der Waals surface area contributed by atoms with E-state index in [-0.39, 0.29) is 41.1 Å². The average Bonchev–Trinajstić information content (AvgIpc) is 2.87. The van der Waals surface area contributed by atoms with Crippen LogP contribution in [0.25, 0.3) is 6.08 Å². The summed E-state index contributed by atoms with van der Waals surface area (Å²) in [6, 6.07) is 8.02. The van der Waals surface area contributed by atoms with Crippen LogP contribution in [0.5, 0.6) is 5.75 Å². The molecule has 0 saturated heterocycles. The molecular formula is C30H37F3O2. The third-order valence-corrected chi connectivity index (χ3v) is 8.25. The Morgan fingerprint density at radius 1 is 0.886 bits per heavy atom. The molecule has 2 saturated carbocycles. The summed E-state index contributed by atoms with van der Waals surface area (Å²) < 4.78 is 43.6. The Hall–Kier alpha value is -2.27. The normalized spacial score (nSPS) is 26.2. The molecule has 4 rings (SSSR count). The van der Waals surface area contributed by atoms with Crippen molar-refractivity contribution in [3.8, 4) is 5.75 Å². The molecule has 190 valence electrons. The van der Waals surface area contributed by atoms with E-state index in [9.17, 15) is 23.4 Å². The number of hydrogen-bond acceptors (Lipinski definition) is 2. The molecule has 0 aliphatic heterocycles. The van der Waals surface area contributed by atoms with E-state index >= 15 is 0 Å². The van der Waals surface area contributed by atoms with E-state index in [4.69, 9.17) is 0 Å². The highest BCUT2D eigenvalue weighted by Gasteiger charge is 2.29. The summed E-state index contributed by atoms with van der Waals surface area (Å²) in [5, 5.41) is 19.7. The molecule has 2 nitrogen and oxygen atoms in total. The van der Waals surface area contributed by atoms with Gasteiger partial charge in [-0.3, -0.25) is 0 Å². The molecule has 35 heavy (non-hydrogen) atoms. The van der Waals surface area contributed by atoms with Gasteiger partial charge in [-0.15, -0.1) is 0 Å². The Balaban J connectivity index is 1.34. The largest absolute Gasteiger partial charge is 0.505 e. The maximum absolute atomic E-state index is 15.0. The van der Waals surface area contributed by atoms with Gasteiger partial charge in [-0.05, 0) is 105 Å². The van der Waals surface area contributed by atoms with Crippen molar-refractivity contribution in [2.75, 3.05) is 0 Å². The maximum atomic E-state index is 15.0. The topological polar surface area (TPSA) is 40.5 Å². The standard InChI is InChI=1S/C30H37F3O2/c1-2-3-27(34)22-12-10-21(11-13-22)25-16-14-23(29(32)30(25)33)9-6-19-4-7-20(8-5-19)24-15-17-28(35)26(31)18-24/h6,9,14-22,27,34-35H,2-5,7-8,10-13H2,1H3/b9-6+. The molecule has 2 aliphatic carbocycles. The van der Waals surface area contributed by atoms with E-state index in [1.807, 2.05) is 6.08 Å². The van der Waals surface area contributed by atoms with Gasteiger partial charge in [-0.25, -0.2) is 13.2 Å². The summed E-state index contributed by atoms with van der Waals surface area (Å²) in [4.78, 5) is 0. The van der Waals surface area contributed by atoms with Crippen molar-refractivity contribution in [3.05, 3.63) is 70.5 Å². The lowest BCUT2D eigenvalue weighted by Crippen LogP contribution is -2.25. The Morgan fingerprint density at radius 3 is 2.23 bits per heavy atom. The van der Waals surface area contributed by atoms with Crippen LogP contribution in [0.1, 0.15) is 99.7 Å². The number of aliphatic hydroxyl groups excluding tert-OH is 1. The summed E-state index contributed by atoms with van der Waals surface area (Å²) in [5.41, 5.74) is 1.64. The Labute approximate surface area is 206 Å². The minimum atomic E-state index is -0.778. The highest BCUT2D eigenvalue weighted by molar-refractivity contribution is 5.52. The lowest BCUT2D eigenvalue weighted by molar-refractivity contribution is 0.0727. The van der Waals surface area contributed by atoms with Crippen LogP contribution >= 0.6 is 0 Å². The Morgan fingerprint density at radius 2 is 1.57 bits per heavy atom. The molecule has 5 heteroatoms. The van der Waals surface area contributed by atoms with Gasteiger partial charge in [0.1, 0.15) is 0 Å². The lowest BCUT2D eigenvalue weighted by atomic mass is 9.75. The second-order valence-corrected chi connectivity index (χ2v) is 10.5. The summed E-state index contributed by atoms with van der Waals surface area (Å²) in [7, 11) is 0. The minimum absolute atomic E-state index is 0.00706. The fourth-order valence-electron chi connectivity index (χ4n) is 6.03. The van der Waals surface area contributed by atoms with E-state index in [1.54, 1.807) is 24.3 Å². The first kappa shape index (κ1) is 25.8. The summed E-state index contributed by atoms with van der Waals surface area (Å²) in [5.74, 6) is -1.63. The van der Waals surface area contributed by atoms with Gasteiger partial charge in [0, 0.05) is 5.56 Å². The van der Waals surface area contributed by atoms with Crippen molar-refractivity contribution < 1.29 is 23.4 Å². The van der Waals surface area contributed by atoms with Crippen LogP contribution in [0.3, 0.4) is 0 Å². The predicted octanol–water partition coefficient (Wildman–Crippen LogP) is 8.23. The number of aliphatic hydroxyl groups is 1. The van der Waals surface area contributed by atoms with Crippen LogP contribution in [0, 0.1) is 29.3 Å². The van der Waals surface area contributed by atoms with Gasteiger partial charge in [0.2, 0.25) is 0 Å². The SMILES string of the molecule is CCCC(O)C1CCC(c2ccc(/C=C/C3CCC(c4ccc(O)c(F)c4)CC3)c(F)c2F)CC1. The average molecular weight is 487 g/mol. The first-order valence-electron chi connectivity index (χ1n) is 13.2. The zero-order valence-corrected chi connectivity index (χ0v) is 20.5. The van der Waals surface area contributed by atoms with Crippen molar-refractivity contribution in [2.45, 2.75) is 89.1 Å². The maximum Gasteiger partial charge on any atom is 0.166 e. The zero-order valence-electron chi connectivity index (χ0n) is 20.5. The van der Waals surface area contributed by atoms with Gasteiger partial charge in [0.05, 0.1) is 6.10 Å². The smallest absolute Gasteiger partial charge is 0.166 e. The molecule has 0 bridgehead atoms. The Bertz CT molecular complexity index is 1020. The second-order valence-electron chi connectivity index (χ2n) is 10.5. The Kier molecular flexibility index (Phi) is 8.59. The zero-order chi connectivity index (χ0) is 24.9. The van der Waals surface area contributed by atoms with E-state index in [2.05, 4.69) is 6.92 Å². The molecule has 0 heterocycles. The molecule has 0 radical (unpaired) electrons. The van der Waals surface area contributed by atoms with Gasteiger partial charge in [-0.2, -0.15) is 0 Å². The number of phenols is 1. The molecule has 1 unspecified atom stereocenters. The molecule has 2 aliphatic rings. The number of phenolic OH excluding ortho intramolecular Hbond substituents is 1. The van der Waals surface area contributed by atoms with Gasteiger partial charge < -0.3 is 10.2 Å². The van der Waals surface area contributed by atoms with Crippen molar-refractivity contribution in [1.29, 1.82) is 0 Å². The quantitative estimate of drug-likeness (QED) is 0.414. The van der Waals surface area contributed by atoms with Crippen molar-refractivity contribution in [2.24, 2.45) is 11.8 Å². The number of halogens is 3. The first-order chi connectivity index (χ1) is 16.9. The van der Waals surface area contributed by atoms with Crippen molar-refractivity contribution in [3.63, 3.8) is 0 Å². The van der Waals surface area contributed by atoms with E-state index < -0.39 is 17.5 Å².